The lowest BCUT2D eigenvalue weighted by Crippen LogP contribution is -2.33. The number of nitrogens with zero attached hydrogens (tertiary/aromatic N) is 2. The second kappa shape index (κ2) is 4.47. The number of non-ortho nitro benzene ring substituents is 1. The standard InChI is InChI=1S/C14H16N2O4/c1-8-6-10(16(19)20)3-4-12(8)15-9-2-5-13(15)11(7-9)14(17)18/h3-4,6,9,11,13H,2,5,7H2,1H3,(H,17,18). The maximum absolute atomic E-state index is 11.3. The largest absolute Gasteiger partial charge is 0.481 e. The zero-order valence-corrected chi connectivity index (χ0v) is 11.2. The fraction of sp³-hybridized carbons (Fsp3) is 0.500. The Labute approximate surface area is 116 Å². The van der Waals surface area contributed by atoms with Crippen LogP contribution in [0.2, 0.25) is 0 Å². The van der Waals surface area contributed by atoms with E-state index in [9.17, 15) is 20.0 Å². The number of aliphatic carboxylic acids is 1. The average molecular weight is 276 g/mol. The Morgan fingerprint density at radius 2 is 2.20 bits per heavy atom. The summed E-state index contributed by atoms with van der Waals surface area (Å²) in [6.07, 6.45) is 2.57. The summed E-state index contributed by atoms with van der Waals surface area (Å²) in [6, 6.07) is 5.08. The molecule has 0 saturated carbocycles. The quantitative estimate of drug-likeness (QED) is 0.676. The van der Waals surface area contributed by atoms with Gasteiger partial charge in [0.25, 0.3) is 5.69 Å². The van der Waals surface area contributed by atoms with Gasteiger partial charge in [-0.15, -0.1) is 0 Å². The second-order valence-electron chi connectivity index (χ2n) is 5.61. The number of nitro groups is 1. The fourth-order valence-corrected chi connectivity index (χ4v) is 3.67. The van der Waals surface area contributed by atoms with Crippen molar-refractivity contribution in [2.75, 3.05) is 4.90 Å². The van der Waals surface area contributed by atoms with E-state index in [1.165, 1.54) is 6.07 Å². The molecule has 3 unspecified atom stereocenters. The van der Waals surface area contributed by atoms with Crippen LogP contribution >= 0.6 is 0 Å². The van der Waals surface area contributed by atoms with Gasteiger partial charge in [0.05, 0.1) is 10.8 Å². The molecular formula is C14H16N2O4. The number of rotatable bonds is 3. The third kappa shape index (κ3) is 1.83. The van der Waals surface area contributed by atoms with Gasteiger partial charge in [-0.1, -0.05) is 0 Å². The van der Waals surface area contributed by atoms with E-state index in [1.807, 2.05) is 6.92 Å². The van der Waals surface area contributed by atoms with E-state index in [1.54, 1.807) is 12.1 Å². The zero-order valence-electron chi connectivity index (χ0n) is 11.2. The van der Waals surface area contributed by atoms with E-state index in [4.69, 9.17) is 0 Å². The van der Waals surface area contributed by atoms with Gasteiger partial charge in [-0.3, -0.25) is 14.9 Å². The lowest BCUT2D eigenvalue weighted by molar-refractivity contribution is -0.384. The van der Waals surface area contributed by atoms with Gasteiger partial charge in [0.2, 0.25) is 0 Å². The van der Waals surface area contributed by atoms with Crippen molar-refractivity contribution < 1.29 is 14.8 Å². The van der Waals surface area contributed by atoms with E-state index in [2.05, 4.69) is 4.90 Å². The summed E-state index contributed by atoms with van der Waals surface area (Å²) in [4.78, 5) is 23.8. The molecular weight excluding hydrogens is 260 g/mol. The Balaban J connectivity index is 1.94. The number of carboxylic acids is 1. The summed E-state index contributed by atoms with van der Waals surface area (Å²) < 4.78 is 0. The van der Waals surface area contributed by atoms with Crippen molar-refractivity contribution in [3.05, 3.63) is 33.9 Å². The molecule has 2 fully saturated rings. The van der Waals surface area contributed by atoms with Gasteiger partial charge in [-0.2, -0.15) is 0 Å². The molecule has 6 heteroatoms. The Hall–Kier alpha value is -2.11. The highest BCUT2D eigenvalue weighted by Crippen LogP contribution is 2.45. The molecule has 0 spiro atoms. The first-order valence-electron chi connectivity index (χ1n) is 6.75. The summed E-state index contributed by atoms with van der Waals surface area (Å²) in [5, 5.41) is 20.1. The molecule has 0 amide bonds. The molecule has 20 heavy (non-hydrogen) atoms. The second-order valence-corrected chi connectivity index (χ2v) is 5.61. The predicted octanol–water partition coefficient (Wildman–Crippen LogP) is 2.35. The van der Waals surface area contributed by atoms with Crippen molar-refractivity contribution in [3.8, 4) is 0 Å². The Morgan fingerprint density at radius 1 is 1.45 bits per heavy atom. The third-order valence-electron chi connectivity index (χ3n) is 4.52. The monoisotopic (exact) mass is 276 g/mol. The topological polar surface area (TPSA) is 83.7 Å². The summed E-state index contributed by atoms with van der Waals surface area (Å²) in [5.41, 5.74) is 1.85. The summed E-state index contributed by atoms with van der Waals surface area (Å²) >= 11 is 0. The lowest BCUT2D eigenvalue weighted by Gasteiger charge is -2.27. The maximum atomic E-state index is 11.3. The highest BCUT2D eigenvalue weighted by molar-refractivity contribution is 5.74. The summed E-state index contributed by atoms with van der Waals surface area (Å²) in [6.45, 7) is 1.84. The van der Waals surface area contributed by atoms with Crippen molar-refractivity contribution in [1.29, 1.82) is 0 Å². The van der Waals surface area contributed by atoms with Crippen molar-refractivity contribution >= 4 is 17.3 Å². The number of benzene rings is 1. The van der Waals surface area contributed by atoms with Gasteiger partial charge in [0.15, 0.2) is 0 Å². The number of hydrogen-bond acceptors (Lipinski definition) is 4. The number of anilines is 1. The molecule has 0 aliphatic carbocycles. The summed E-state index contributed by atoms with van der Waals surface area (Å²) in [7, 11) is 0. The van der Waals surface area contributed by atoms with E-state index >= 15 is 0 Å². The average Bonchev–Trinajstić information content (AvgIpc) is 2.96. The molecule has 0 radical (unpaired) electrons. The fourth-order valence-electron chi connectivity index (χ4n) is 3.67. The molecule has 2 aliphatic rings. The van der Waals surface area contributed by atoms with E-state index < -0.39 is 10.9 Å². The van der Waals surface area contributed by atoms with Gasteiger partial charge in [-0.05, 0) is 37.8 Å². The zero-order chi connectivity index (χ0) is 14.4. The van der Waals surface area contributed by atoms with Crippen molar-refractivity contribution in [1.82, 2.24) is 0 Å². The van der Waals surface area contributed by atoms with Gasteiger partial charge < -0.3 is 10.0 Å². The first-order valence-corrected chi connectivity index (χ1v) is 6.75. The van der Waals surface area contributed by atoms with Crippen LogP contribution in [0.5, 0.6) is 0 Å². The Kier molecular flexibility index (Phi) is 2.88. The number of aryl methyl sites for hydroxylation is 1. The van der Waals surface area contributed by atoms with Crippen LogP contribution in [-0.2, 0) is 4.79 Å². The molecule has 1 aromatic carbocycles. The molecule has 3 atom stereocenters. The van der Waals surface area contributed by atoms with Crippen LogP contribution in [0.15, 0.2) is 18.2 Å². The van der Waals surface area contributed by atoms with Crippen molar-refractivity contribution in [2.24, 2.45) is 5.92 Å². The molecule has 1 N–H and O–H groups in total. The Morgan fingerprint density at radius 3 is 2.75 bits per heavy atom. The smallest absolute Gasteiger partial charge is 0.308 e. The van der Waals surface area contributed by atoms with Crippen LogP contribution in [0.3, 0.4) is 0 Å². The van der Waals surface area contributed by atoms with Gasteiger partial charge in [-0.25, -0.2) is 0 Å². The van der Waals surface area contributed by atoms with Crippen LogP contribution in [0.1, 0.15) is 24.8 Å². The minimum atomic E-state index is -0.734. The molecule has 2 saturated heterocycles. The highest BCUT2D eigenvalue weighted by Gasteiger charge is 2.49. The van der Waals surface area contributed by atoms with Gasteiger partial charge >= 0.3 is 5.97 Å². The highest BCUT2D eigenvalue weighted by atomic mass is 16.6. The predicted molar refractivity (Wildman–Crippen MR) is 72.9 cm³/mol. The van der Waals surface area contributed by atoms with E-state index in [0.29, 0.717) is 6.42 Å². The van der Waals surface area contributed by atoms with Gasteiger partial charge in [0.1, 0.15) is 0 Å². The summed E-state index contributed by atoms with van der Waals surface area (Å²) in [5.74, 6) is -1.05. The van der Waals surface area contributed by atoms with Crippen LogP contribution < -0.4 is 4.90 Å². The van der Waals surface area contributed by atoms with Crippen LogP contribution in [0, 0.1) is 23.0 Å². The number of nitro benzene ring substituents is 1. The minimum Gasteiger partial charge on any atom is -0.481 e. The van der Waals surface area contributed by atoms with Crippen LogP contribution in [-0.4, -0.2) is 28.1 Å². The van der Waals surface area contributed by atoms with E-state index in [0.717, 1.165) is 24.1 Å². The lowest BCUT2D eigenvalue weighted by atomic mass is 9.89. The molecule has 0 aromatic heterocycles. The normalized spacial score (nSPS) is 27.9. The molecule has 2 bridgehead atoms. The third-order valence-corrected chi connectivity index (χ3v) is 4.52. The molecule has 1 aromatic rings. The maximum Gasteiger partial charge on any atom is 0.308 e. The van der Waals surface area contributed by atoms with Crippen LogP contribution in [0.25, 0.3) is 0 Å². The van der Waals surface area contributed by atoms with Crippen molar-refractivity contribution in [2.45, 2.75) is 38.3 Å². The molecule has 2 aliphatic heterocycles. The number of fused-ring (bicyclic) bond motifs is 2. The molecule has 106 valence electrons. The van der Waals surface area contributed by atoms with E-state index in [-0.39, 0.29) is 23.7 Å². The minimum absolute atomic E-state index is 0.0256. The first kappa shape index (κ1) is 12.9. The molecule has 3 rings (SSSR count). The SMILES string of the molecule is Cc1cc([N+](=O)[O-])ccc1N1C2CCC1C(C(=O)O)C2. The molecule has 6 nitrogen and oxygen atoms in total. The van der Waals surface area contributed by atoms with Gasteiger partial charge in [0, 0.05) is 29.9 Å². The molecule has 2 heterocycles. The van der Waals surface area contributed by atoms with Crippen molar-refractivity contribution in [3.63, 3.8) is 0 Å². The number of carboxylic acid groups (broad SMARTS) is 1. The Bertz CT molecular complexity index is 587. The number of carbonyl (C=O) groups is 1. The first-order chi connectivity index (χ1) is 9.49. The van der Waals surface area contributed by atoms with Crippen LogP contribution in [0.4, 0.5) is 11.4 Å². The number of hydrogen-bond donors (Lipinski definition) is 1.